The van der Waals surface area contributed by atoms with Crippen LogP contribution in [0.2, 0.25) is 0 Å². The Bertz CT molecular complexity index is 307. The van der Waals surface area contributed by atoms with Gasteiger partial charge in [0, 0.05) is 0 Å². The standard InChI is InChI=1S/C22H42O/c1-5-9-13-19(7-3)17-21-15-11-12-16-22(21,23-21)18-20(8-4)14-10-6-2/h19-20H,5-18H2,1-4H3. The van der Waals surface area contributed by atoms with Crippen LogP contribution in [0.4, 0.5) is 0 Å². The minimum absolute atomic E-state index is 0.291. The van der Waals surface area contributed by atoms with Crippen LogP contribution in [0.25, 0.3) is 0 Å². The monoisotopic (exact) mass is 322 g/mol. The first-order chi connectivity index (χ1) is 11.1. The molecule has 1 saturated carbocycles. The average molecular weight is 323 g/mol. The lowest BCUT2D eigenvalue weighted by atomic mass is 9.70. The van der Waals surface area contributed by atoms with Crippen molar-refractivity contribution in [2.45, 2.75) is 129 Å². The fraction of sp³-hybridized carbons (Fsp3) is 1.00. The maximum atomic E-state index is 6.68. The summed E-state index contributed by atoms with van der Waals surface area (Å²) in [6, 6.07) is 0. The van der Waals surface area contributed by atoms with Gasteiger partial charge in [-0.3, -0.25) is 0 Å². The quantitative estimate of drug-likeness (QED) is 0.344. The van der Waals surface area contributed by atoms with Gasteiger partial charge in [0.2, 0.25) is 0 Å². The van der Waals surface area contributed by atoms with Gasteiger partial charge < -0.3 is 4.74 Å². The van der Waals surface area contributed by atoms with Crippen LogP contribution in [-0.2, 0) is 4.74 Å². The van der Waals surface area contributed by atoms with Crippen molar-refractivity contribution in [1.82, 2.24) is 0 Å². The van der Waals surface area contributed by atoms with Crippen molar-refractivity contribution in [1.29, 1.82) is 0 Å². The molecule has 1 saturated heterocycles. The Labute approximate surface area is 146 Å². The molecule has 4 unspecified atom stereocenters. The van der Waals surface area contributed by atoms with E-state index >= 15 is 0 Å². The first-order valence-electron chi connectivity index (χ1n) is 10.9. The first kappa shape index (κ1) is 19.3. The molecule has 2 fully saturated rings. The minimum atomic E-state index is 0.291. The zero-order chi connectivity index (χ0) is 16.8. The molecule has 2 aliphatic rings. The molecule has 1 heteroatoms. The first-order valence-corrected chi connectivity index (χ1v) is 10.9. The third-order valence-electron chi connectivity index (χ3n) is 6.91. The Morgan fingerprint density at radius 2 is 1.17 bits per heavy atom. The van der Waals surface area contributed by atoms with E-state index in [1.165, 1.54) is 89.9 Å². The Morgan fingerprint density at radius 3 is 1.52 bits per heavy atom. The summed E-state index contributed by atoms with van der Waals surface area (Å²) < 4.78 is 6.68. The van der Waals surface area contributed by atoms with Gasteiger partial charge in [-0.15, -0.1) is 0 Å². The van der Waals surface area contributed by atoms with Crippen molar-refractivity contribution in [3.05, 3.63) is 0 Å². The van der Waals surface area contributed by atoms with Crippen LogP contribution in [0.3, 0.4) is 0 Å². The summed E-state index contributed by atoms with van der Waals surface area (Å²) in [5.41, 5.74) is 0.582. The molecule has 0 aromatic rings. The summed E-state index contributed by atoms with van der Waals surface area (Å²) in [7, 11) is 0. The molecule has 0 spiro atoms. The van der Waals surface area contributed by atoms with Gasteiger partial charge in [-0.25, -0.2) is 0 Å². The van der Waals surface area contributed by atoms with Gasteiger partial charge in [0.15, 0.2) is 0 Å². The summed E-state index contributed by atoms with van der Waals surface area (Å²) >= 11 is 0. The number of hydrogen-bond acceptors (Lipinski definition) is 1. The van der Waals surface area contributed by atoms with Crippen LogP contribution in [0, 0.1) is 11.8 Å². The van der Waals surface area contributed by atoms with Crippen molar-refractivity contribution in [3.8, 4) is 0 Å². The minimum Gasteiger partial charge on any atom is -0.363 e. The molecule has 1 aliphatic heterocycles. The Balaban J connectivity index is 1.97. The van der Waals surface area contributed by atoms with Crippen LogP contribution in [0.1, 0.15) is 118 Å². The van der Waals surface area contributed by atoms with Gasteiger partial charge >= 0.3 is 0 Å². The molecule has 0 amide bonds. The van der Waals surface area contributed by atoms with Gasteiger partial charge in [0.05, 0.1) is 11.2 Å². The largest absolute Gasteiger partial charge is 0.363 e. The molecule has 0 bridgehead atoms. The highest BCUT2D eigenvalue weighted by Crippen LogP contribution is 2.63. The van der Waals surface area contributed by atoms with Crippen molar-refractivity contribution in [2.24, 2.45) is 11.8 Å². The summed E-state index contributed by atoms with van der Waals surface area (Å²) in [6.07, 6.45) is 19.2. The summed E-state index contributed by atoms with van der Waals surface area (Å²) in [5, 5.41) is 0. The maximum absolute atomic E-state index is 6.68. The fourth-order valence-corrected chi connectivity index (χ4v) is 5.21. The van der Waals surface area contributed by atoms with Gasteiger partial charge in [-0.05, 0) is 37.5 Å². The molecule has 4 atom stereocenters. The number of epoxide rings is 1. The molecule has 1 aliphatic carbocycles. The van der Waals surface area contributed by atoms with Crippen molar-refractivity contribution >= 4 is 0 Å². The van der Waals surface area contributed by atoms with Crippen LogP contribution in [0.5, 0.6) is 0 Å². The van der Waals surface area contributed by atoms with Gasteiger partial charge in [-0.2, -0.15) is 0 Å². The summed E-state index contributed by atoms with van der Waals surface area (Å²) in [4.78, 5) is 0. The molecule has 0 aromatic carbocycles. The van der Waals surface area contributed by atoms with Crippen molar-refractivity contribution < 1.29 is 4.74 Å². The molecular formula is C22H42O. The van der Waals surface area contributed by atoms with Gasteiger partial charge in [0.1, 0.15) is 0 Å². The highest BCUT2D eigenvalue weighted by molar-refractivity contribution is 5.18. The molecule has 0 aromatic heterocycles. The third kappa shape index (κ3) is 4.53. The van der Waals surface area contributed by atoms with Crippen molar-refractivity contribution in [2.75, 3.05) is 0 Å². The van der Waals surface area contributed by atoms with Crippen LogP contribution in [0.15, 0.2) is 0 Å². The van der Waals surface area contributed by atoms with E-state index in [2.05, 4.69) is 27.7 Å². The fourth-order valence-electron chi connectivity index (χ4n) is 5.21. The molecular weight excluding hydrogens is 280 g/mol. The van der Waals surface area contributed by atoms with Crippen LogP contribution >= 0.6 is 0 Å². The van der Waals surface area contributed by atoms with Crippen LogP contribution in [-0.4, -0.2) is 11.2 Å². The molecule has 2 rings (SSSR count). The molecule has 23 heavy (non-hydrogen) atoms. The summed E-state index contributed by atoms with van der Waals surface area (Å²) in [5.74, 6) is 1.79. The lowest BCUT2D eigenvalue weighted by molar-refractivity contribution is 0.213. The van der Waals surface area contributed by atoms with Gasteiger partial charge in [0.25, 0.3) is 0 Å². The Morgan fingerprint density at radius 1 is 0.739 bits per heavy atom. The van der Waals surface area contributed by atoms with Gasteiger partial charge in [-0.1, -0.05) is 91.9 Å². The number of ether oxygens (including phenoxy) is 1. The topological polar surface area (TPSA) is 12.5 Å². The second-order valence-electron chi connectivity index (χ2n) is 8.54. The second-order valence-corrected chi connectivity index (χ2v) is 8.54. The SMILES string of the molecule is CCCCC(CC)CC12CCCCC1(CC(CC)CCCC)O2. The highest BCUT2D eigenvalue weighted by Gasteiger charge is 2.69. The van der Waals surface area contributed by atoms with E-state index in [0.29, 0.717) is 11.2 Å². The second kappa shape index (κ2) is 8.88. The van der Waals surface area contributed by atoms with Crippen molar-refractivity contribution in [3.63, 3.8) is 0 Å². The lowest BCUT2D eigenvalue weighted by Crippen LogP contribution is -2.33. The lowest BCUT2D eigenvalue weighted by Gasteiger charge is -2.30. The average Bonchev–Trinajstić information content (AvgIpc) is 3.23. The zero-order valence-corrected chi connectivity index (χ0v) is 16.5. The van der Waals surface area contributed by atoms with E-state index in [1.807, 2.05) is 0 Å². The van der Waals surface area contributed by atoms with E-state index in [1.54, 1.807) is 0 Å². The number of rotatable bonds is 12. The third-order valence-corrected chi connectivity index (χ3v) is 6.91. The summed E-state index contributed by atoms with van der Waals surface area (Å²) in [6.45, 7) is 9.42. The van der Waals surface area contributed by atoms with E-state index in [-0.39, 0.29) is 0 Å². The Kier molecular flexibility index (Phi) is 7.45. The number of hydrogen-bond donors (Lipinski definition) is 0. The molecule has 1 nitrogen and oxygen atoms in total. The molecule has 136 valence electrons. The normalized spacial score (nSPS) is 32.3. The molecule has 1 heterocycles. The smallest absolute Gasteiger partial charge is 0.0982 e. The van der Waals surface area contributed by atoms with E-state index in [0.717, 1.165) is 11.8 Å². The molecule has 0 N–H and O–H groups in total. The predicted molar refractivity (Wildman–Crippen MR) is 101 cm³/mol. The maximum Gasteiger partial charge on any atom is 0.0982 e. The predicted octanol–water partition coefficient (Wildman–Crippen LogP) is 7.28. The van der Waals surface area contributed by atoms with Crippen LogP contribution < -0.4 is 0 Å². The highest BCUT2D eigenvalue weighted by atomic mass is 16.6. The molecule has 0 radical (unpaired) electrons. The number of unbranched alkanes of at least 4 members (excludes halogenated alkanes) is 2. The van der Waals surface area contributed by atoms with E-state index < -0.39 is 0 Å². The van der Waals surface area contributed by atoms with E-state index in [4.69, 9.17) is 4.74 Å². The van der Waals surface area contributed by atoms with E-state index in [9.17, 15) is 0 Å². The zero-order valence-electron chi connectivity index (χ0n) is 16.5. The number of fused-ring (bicyclic) bond motifs is 1. The Hall–Kier alpha value is -0.0400.